The molecule has 4 bridgehead atoms. The molecule has 8 rings (SSSR count). The lowest BCUT2D eigenvalue weighted by Gasteiger charge is -2.60. The van der Waals surface area contributed by atoms with Crippen molar-refractivity contribution < 1.29 is 14.3 Å². The van der Waals surface area contributed by atoms with E-state index in [1.54, 1.807) is 17.8 Å². The highest BCUT2D eigenvalue weighted by Gasteiger charge is 2.62. The maximum Gasteiger partial charge on any atom is 0.330 e. The summed E-state index contributed by atoms with van der Waals surface area (Å²) >= 11 is 0. The van der Waals surface area contributed by atoms with Crippen molar-refractivity contribution in [1.82, 2.24) is 33.7 Å². The number of nitrogens with one attached hydrogen (secondary N) is 1. The lowest BCUT2D eigenvalue weighted by Crippen LogP contribution is -2.60. The molecule has 0 saturated heterocycles. The third-order valence-electron chi connectivity index (χ3n) is 8.37. The van der Waals surface area contributed by atoms with Crippen LogP contribution in [0.2, 0.25) is 0 Å². The molecule has 0 amide bonds. The van der Waals surface area contributed by atoms with Crippen LogP contribution in [0.25, 0.3) is 16.8 Å². The Labute approximate surface area is 197 Å². The quantitative estimate of drug-likeness (QED) is 0.457. The maximum atomic E-state index is 14.7. The van der Waals surface area contributed by atoms with Gasteiger partial charge in [0.15, 0.2) is 17.1 Å². The number of hydrogen-bond acceptors (Lipinski definition) is 7. The number of aromatic nitrogens is 7. The molecular formula is C23H23FN8O3. The van der Waals surface area contributed by atoms with Crippen LogP contribution in [0.3, 0.4) is 0 Å². The molecule has 2 N–H and O–H groups in total. The van der Waals surface area contributed by atoms with E-state index in [0.717, 1.165) is 19.3 Å². The largest absolute Gasteiger partial charge is 0.481 e. The van der Waals surface area contributed by atoms with Gasteiger partial charge in [-0.2, -0.15) is 10.1 Å². The first kappa shape index (κ1) is 20.5. The van der Waals surface area contributed by atoms with Gasteiger partial charge in [-0.3, -0.25) is 13.9 Å². The molecule has 35 heavy (non-hydrogen) atoms. The molecule has 2 atom stereocenters. The molecule has 0 spiro atoms. The average Bonchev–Trinajstić information content (AvgIpc) is 3.34. The van der Waals surface area contributed by atoms with E-state index < -0.39 is 22.7 Å². The molecular weight excluding hydrogens is 455 g/mol. The first-order valence-corrected chi connectivity index (χ1v) is 11.7. The Kier molecular flexibility index (Phi) is 3.90. The molecule has 0 aromatic carbocycles. The Hall–Kier alpha value is -3.83. The van der Waals surface area contributed by atoms with E-state index in [-0.39, 0.29) is 29.2 Å². The number of imidazole rings is 1. The summed E-state index contributed by atoms with van der Waals surface area (Å²) in [5.41, 5.74) is -0.162. The molecule has 4 saturated carbocycles. The number of rotatable bonds is 4. The molecule has 2 unspecified atom stereocenters. The monoisotopic (exact) mass is 478 g/mol. The number of fused-ring (bicyclic) bond motifs is 2. The summed E-state index contributed by atoms with van der Waals surface area (Å²) < 4.78 is 19.3. The molecule has 4 aliphatic rings. The zero-order valence-electron chi connectivity index (χ0n) is 19.0. The molecule has 11 nitrogen and oxygen atoms in total. The number of carboxylic acids is 1. The first-order valence-electron chi connectivity index (χ1n) is 11.7. The minimum absolute atomic E-state index is 0.117. The fraction of sp³-hybridized carbons (Fsp3) is 0.478. The van der Waals surface area contributed by atoms with Crippen LogP contribution in [0.5, 0.6) is 0 Å². The van der Waals surface area contributed by atoms with Gasteiger partial charge in [-0.05, 0) is 50.4 Å². The summed E-state index contributed by atoms with van der Waals surface area (Å²) in [5, 5.41) is 17.1. The maximum absolute atomic E-state index is 14.7. The van der Waals surface area contributed by atoms with Crippen LogP contribution in [0.1, 0.15) is 38.5 Å². The lowest BCUT2D eigenvalue weighted by atomic mass is 9.46. The highest BCUT2D eigenvalue weighted by Crippen LogP contribution is 2.64. The number of nitrogens with zero attached hydrogens (tertiary/aromatic N) is 7. The van der Waals surface area contributed by atoms with E-state index in [0.29, 0.717) is 36.1 Å². The van der Waals surface area contributed by atoms with Gasteiger partial charge >= 0.3 is 11.7 Å². The zero-order valence-corrected chi connectivity index (χ0v) is 19.0. The zero-order chi connectivity index (χ0) is 24.1. The van der Waals surface area contributed by atoms with E-state index >= 15 is 0 Å². The SMILES string of the molecule is Cn1c(=O)n(C23CC4CC(CC(C(=O)O)(C4)C2)C3)c2nc(Nc3cn4ncnc4cc3F)ncc21. The normalized spacial score (nSPS) is 29.3. The first-order chi connectivity index (χ1) is 16.8. The second-order valence-corrected chi connectivity index (χ2v) is 10.6. The van der Waals surface area contributed by atoms with Crippen LogP contribution >= 0.6 is 0 Å². The van der Waals surface area contributed by atoms with Crippen LogP contribution in [0.15, 0.2) is 29.6 Å². The minimum atomic E-state index is -0.795. The van der Waals surface area contributed by atoms with Crippen LogP contribution in [0.4, 0.5) is 16.0 Å². The van der Waals surface area contributed by atoms with Gasteiger partial charge in [0, 0.05) is 13.1 Å². The smallest absolute Gasteiger partial charge is 0.330 e. The lowest BCUT2D eigenvalue weighted by molar-refractivity contribution is -0.172. The number of carbonyl (C=O) groups is 1. The van der Waals surface area contributed by atoms with Gasteiger partial charge in [0.05, 0.1) is 29.0 Å². The third kappa shape index (κ3) is 2.76. The van der Waals surface area contributed by atoms with Crippen LogP contribution in [0, 0.1) is 23.1 Å². The number of pyridine rings is 1. The van der Waals surface area contributed by atoms with E-state index in [9.17, 15) is 19.1 Å². The topological polar surface area (TPSA) is 132 Å². The van der Waals surface area contributed by atoms with Gasteiger partial charge in [-0.1, -0.05) is 0 Å². The highest BCUT2D eigenvalue weighted by atomic mass is 19.1. The van der Waals surface area contributed by atoms with Crippen molar-refractivity contribution in [2.45, 2.75) is 44.1 Å². The summed E-state index contributed by atoms with van der Waals surface area (Å²) in [6.45, 7) is 0. The summed E-state index contributed by atoms with van der Waals surface area (Å²) in [6, 6.07) is 1.26. The van der Waals surface area contributed by atoms with Crippen molar-refractivity contribution in [3.05, 3.63) is 41.1 Å². The number of hydrogen-bond donors (Lipinski definition) is 2. The van der Waals surface area contributed by atoms with Crippen molar-refractivity contribution in [3.63, 3.8) is 0 Å². The Balaban J connectivity index is 1.36. The van der Waals surface area contributed by atoms with Gasteiger partial charge in [0.2, 0.25) is 5.95 Å². The summed E-state index contributed by atoms with van der Waals surface area (Å²) in [4.78, 5) is 38.8. The molecule has 4 aromatic rings. The van der Waals surface area contributed by atoms with E-state index in [1.165, 1.54) is 27.7 Å². The fourth-order valence-electron chi connectivity index (χ4n) is 7.37. The molecule has 4 heterocycles. The summed E-state index contributed by atoms with van der Waals surface area (Å²) in [5.74, 6) is -0.618. The minimum Gasteiger partial charge on any atom is -0.481 e. The predicted octanol–water partition coefficient (Wildman–Crippen LogP) is 2.44. The molecule has 0 radical (unpaired) electrons. The highest BCUT2D eigenvalue weighted by molar-refractivity contribution is 5.76. The van der Waals surface area contributed by atoms with Crippen molar-refractivity contribution in [1.29, 1.82) is 0 Å². The molecule has 4 aromatic heterocycles. The Morgan fingerprint density at radius 1 is 1.23 bits per heavy atom. The number of aliphatic carboxylic acids is 1. The Morgan fingerprint density at radius 3 is 2.74 bits per heavy atom. The van der Waals surface area contributed by atoms with E-state index in [1.807, 2.05) is 0 Å². The Morgan fingerprint density at radius 2 is 2.00 bits per heavy atom. The van der Waals surface area contributed by atoms with Gasteiger partial charge in [0.25, 0.3) is 0 Å². The van der Waals surface area contributed by atoms with Crippen molar-refractivity contribution in [3.8, 4) is 0 Å². The summed E-state index contributed by atoms with van der Waals surface area (Å²) in [7, 11) is 1.67. The molecule has 4 fully saturated rings. The standard InChI is InChI=1S/C23H23FN8O3/c1-30-16-8-25-20(28-15-9-31-17(3-14(15)24)26-11-27-31)29-18(16)32(21(30)35)23-6-12-2-13(7-23)5-22(4-12,10-23)19(33)34/h3,8-9,11-13H,2,4-7,10H2,1H3,(H,33,34)(H,25,28,29). The molecule has 12 heteroatoms. The van der Waals surface area contributed by atoms with E-state index in [2.05, 4.69) is 25.4 Å². The second-order valence-electron chi connectivity index (χ2n) is 10.6. The van der Waals surface area contributed by atoms with Gasteiger partial charge in [-0.15, -0.1) is 0 Å². The van der Waals surface area contributed by atoms with Crippen molar-refractivity contribution >= 4 is 34.4 Å². The fourth-order valence-corrected chi connectivity index (χ4v) is 7.37. The molecule has 180 valence electrons. The molecule has 0 aliphatic heterocycles. The van der Waals surface area contributed by atoms with Crippen LogP contribution in [-0.2, 0) is 17.4 Å². The number of aryl methyl sites for hydroxylation is 1. The van der Waals surface area contributed by atoms with Gasteiger partial charge < -0.3 is 10.4 Å². The number of halogens is 1. The number of anilines is 2. The van der Waals surface area contributed by atoms with Crippen LogP contribution < -0.4 is 11.0 Å². The third-order valence-corrected chi connectivity index (χ3v) is 8.37. The Bertz CT molecular complexity index is 1590. The average molecular weight is 478 g/mol. The van der Waals surface area contributed by atoms with Crippen LogP contribution in [-0.4, -0.2) is 44.8 Å². The second kappa shape index (κ2) is 6.64. The van der Waals surface area contributed by atoms with Crippen molar-refractivity contribution in [2.24, 2.45) is 24.3 Å². The van der Waals surface area contributed by atoms with Gasteiger partial charge in [0.1, 0.15) is 11.8 Å². The number of carboxylic acid groups (broad SMARTS) is 1. The van der Waals surface area contributed by atoms with Crippen molar-refractivity contribution in [2.75, 3.05) is 5.32 Å². The van der Waals surface area contributed by atoms with Gasteiger partial charge in [-0.25, -0.2) is 23.7 Å². The van der Waals surface area contributed by atoms with E-state index in [4.69, 9.17) is 0 Å². The summed E-state index contributed by atoms with van der Waals surface area (Å²) in [6.07, 6.45) is 8.65. The molecule has 4 aliphatic carbocycles. The predicted molar refractivity (Wildman–Crippen MR) is 122 cm³/mol.